The number of likely N-dealkylation sites (N-methyl/N-ethyl adjacent to an activating group) is 1. The SMILES string of the molecule is Cc1cc(C)c2c(N3CCC[C@@](O)(CN(C)C)CC3)ncnc2n1. The number of aryl methyl sites for hydroxylation is 2. The Bertz CT molecular complexity index is 733. The molecule has 0 amide bonds. The number of hydrogen-bond acceptors (Lipinski definition) is 6. The zero-order chi connectivity index (χ0) is 17.3. The third-order valence-electron chi connectivity index (χ3n) is 4.74. The van der Waals surface area contributed by atoms with Crippen LogP contribution < -0.4 is 4.90 Å². The minimum Gasteiger partial charge on any atom is -0.388 e. The van der Waals surface area contributed by atoms with Crippen LogP contribution in [0.2, 0.25) is 0 Å². The van der Waals surface area contributed by atoms with Crippen LogP contribution >= 0.6 is 0 Å². The van der Waals surface area contributed by atoms with Gasteiger partial charge < -0.3 is 14.9 Å². The molecular weight excluding hydrogens is 302 g/mol. The molecular formula is C18H27N5O. The number of pyridine rings is 1. The van der Waals surface area contributed by atoms with Crippen LogP contribution in [0.1, 0.15) is 30.5 Å². The average Bonchev–Trinajstić information content (AvgIpc) is 2.67. The van der Waals surface area contributed by atoms with Gasteiger partial charge in [-0.05, 0) is 58.8 Å². The molecule has 3 heterocycles. The Morgan fingerprint density at radius 1 is 1.21 bits per heavy atom. The van der Waals surface area contributed by atoms with Crippen molar-refractivity contribution in [1.29, 1.82) is 0 Å². The number of hydrogen-bond donors (Lipinski definition) is 1. The molecule has 6 nitrogen and oxygen atoms in total. The van der Waals surface area contributed by atoms with E-state index in [0.29, 0.717) is 6.54 Å². The van der Waals surface area contributed by atoms with Crippen molar-refractivity contribution in [2.24, 2.45) is 0 Å². The number of aromatic nitrogens is 3. The van der Waals surface area contributed by atoms with E-state index in [1.54, 1.807) is 6.33 Å². The third kappa shape index (κ3) is 3.49. The lowest BCUT2D eigenvalue weighted by molar-refractivity contribution is 0.00537. The fourth-order valence-corrected chi connectivity index (χ4v) is 3.77. The van der Waals surface area contributed by atoms with Crippen LogP contribution in [0.3, 0.4) is 0 Å². The van der Waals surface area contributed by atoms with E-state index in [9.17, 15) is 5.11 Å². The van der Waals surface area contributed by atoms with E-state index in [-0.39, 0.29) is 0 Å². The first kappa shape index (κ1) is 17.0. The van der Waals surface area contributed by atoms with Gasteiger partial charge in [0.05, 0.1) is 11.0 Å². The molecule has 1 N–H and O–H groups in total. The summed E-state index contributed by atoms with van der Waals surface area (Å²) in [7, 11) is 4.02. The van der Waals surface area contributed by atoms with E-state index in [4.69, 9.17) is 0 Å². The van der Waals surface area contributed by atoms with Gasteiger partial charge in [0.15, 0.2) is 5.65 Å². The molecule has 0 aromatic carbocycles. The van der Waals surface area contributed by atoms with Gasteiger partial charge in [-0.3, -0.25) is 0 Å². The monoisotopic (exact) mass is 329 g/mol. The van der Waals surface area contributed by atoms with Crippen LogP contribution in [0.5, 0.6) is 0 Å². The predicted molar refractivity (Wildman–Crippen MR) is 96.4 cm³/mol. The van der Waals surface area contributed by atoms with Crippen molar-refractivity contribution in [1.82, 2.24) is 19.9 Å². The number of fused-ring (bicyclic) bond motifs is 1. The summed E-state index contributed by atoms with van der Waals surface area (Å²) in [6.45, 7) is 6.47. The highest BCUT2D eigenvalue weighted by atomic mass is 16.3. The second-order valence-electron chi connectivity index (χ2n) is 7.28. The summed E-state index contributed by atoms with van der Waals surface area (Å²) < 4.78 is 0. The van der Waals surface area contributed by atoms with Crippen molar-refractivity contribution in [3.63, 3.8) is 0 Å². The number of aliphatic hydroxyl groups is 1. The normalized spacial score (nSPS) is 22.2. The number of anilines is 1. The van der Waals surface area contributed by atoms with Gasteiger partial charge in [0.25, 0.3) is 0 Å². The molecule has 0 aliphatic carbocycles. The fourth-order valence-electron chi connectivity index (χ4n) is 3.77. The third-order valence-corrected chi connectivity index (χ3v) is 4.74. The Morgan fingerprint density at radius 2 is 2.00 bits per heavy atom. The Hall–Kier alpha value is -1.79. The molecule has 6 heteroatoms. The molecule has 130 valence electrons. The van der Waals surface area contributed by atoms with Crippen molar-refractivity contribution in [3.05, 3.63) is 23.7 Å². The molecule has 2 aromatic heterocycles. The molecule has 0 radical (unpaired) electrons. The smallest absolute Gasteiger partial charge is 0.165 e. The van der Waals surface area contributed by atoms with Gasteiger partial charge in [-0.15, -0.1) is 0 Å². The number of nitrogens with zero attached hydrogens (tertiary/aromatic N) is 5. The lowest BCUT2D eigenvalue weighted by atomic mass is 9.94. The summed E-state index contributed by atoms with van der Waals surface area (Å²) in [6.07, 6.45) is 4.12. The lowest BCUT2D eigenvalue weighted by Crippen LogP contribution is -2.41. The van der Waals surface area contributed by atoms with Crippen LogP contribution in [0.15, 0.2) is 12.4 Å². The van der Waals surface area contributed by atoms with Gasteiger partial charge in [-0.2, -0.15) is 0 Å². The first-order valence-electron chi connectivity index (χ1n) is 8.59. The van der Waals surface area contributed by atoms with Gasteiger partial charge in [0.2, 0.25) is 0 Å². The van der Waals surface area contributed by atoms with Crippen molar-refractivity contribution < 1.29 is 5.11 Å². The van der Waals surface area contributed by atoms with Crippen LogP contribution in [0.4, 0.5) is 5.82 Å². The van der Waals surface area contributed by atoms with E-state index in [2.05, 4.69) is 37.7 Å². The van der Waals surface area contributed by atoms with Crippen LogP contribution in [0.25, 0.3) is 11.0 Å². The Labute approximate surface area is 143 Å². The fraction of sp³-hybridized carbons (Fsp3) is 0.611. The second kappa shape index (κ2) is 6.61. The molecule has 3 rings (SSSR count). The summed E-state index contributed by atoms with van der Waals surface area (Å²) in [4.78, 5) is 17.8. The molecule has 0 saturated carbocycles. The summed E-state index contributed by atoms with van der Waals surface area (Å²) >= 11 is 0. The molecule has 2 aromatic rings. The maximum atomic E-state index is 10.9. The second-order valence-corrected chi connectivity index (χ2v) is 7.28. The van der Waals surface area contributed by atoms with Crippen LogP contribution in [0, 0.1) is 13.8 Å². The quantitative estimate of drug-likeness (QED) is 0.928. The molecule has 0 bridgehead atoms. The van der Waals surface area contributed by atoms with E-state index >= 15 is 0 Å². The van der Waals surface area contributed by atoms with Crippen molar-refractivity contribution >= 4 is 16.9 Å². The van der Waals surface area contributed by atoms with Crippen LogP contribution in [-0.4, -0.2) is 64.3 Å². The van der Waals surface area contributed by atoms with Crippen molar-refractivity contribution in [2.75, 3.05) is 38.6 Å². The van der Waals surface area contributed by atoms with E-state index in [0.717, 1.165) is 60.5 Å². The molecule has 1 saturated heterocycles. The van der Waals surface area contributed by atoms with E-state index < -0.39 is 5.60 Å². The topological polar surface area (TPSA) is 65.4 Å². The summed E-state index contributed by atoms with van der Waals surface area (Å²) in [5, 5.41) is 11.9. The first-order valence-corrected chi connectivity index (χ1v) is 8.59. The average molecular weight is 329 g/mol. The largest absolute Gasteiger partial charge is 0.388 e. The molecule has 0 spiro atoms. The zero-order valence-corrected chi connectivity index (χ0v) is 15.1. The summed E-state index contributed by atoms with van der Waals surface area (Å²) in [6, 6.07) is 2.08. The molecule has 1 aliphatic rings. The molecule has 1 aliphatic heterocycles. The van der Waals surface area contributed by atoms with Crippen molar-refractivity contribution in [2.45, 2.75) is 38.7 Å². The van der Waals surface area contributed by atoms with Gasteiger partial charge in [-0.1, -0.05) is 0 Å². The van der Waals surface area contributed by atoms with E-state index in [1.165, 1.54) is 0 Å². The maximum Gasteiger partial charge on any atom is 0.165 e. The Morgan fingerprint density at radius 3 is 2.75 bits per heavy atom. The summed E-state index contributed by atoms with van der Waals surface area (Å²) in [5.74, 6) is 0.944. The first-order chi connectivity index (χ1) is 11.4. The number of rotatable bonds is 3. The van der Waals surface area contributed by atoms with Gasteiger partial charge in [0, 0.05) is 25.3 Å². The lowest BCUT2D eigenvalue weighted by Gasteiger charge is -2.30. The van der Waals surface area contributed by atoms with Crippen LogP contribution in [-0.2, 0) is 0 Å². The minimum absolute atomic E-state index is 0.620. The van der Waals surface area contributed by atoms with Gasteiger partial charge in [-0.25, -0.2) is 15.0 Å². The molecule has 1 atom stereocenters. The molecule has 0 unspecified atom stereocenters. The predicted octanol–water partition coefficient (Wildman–Crippen LogP) is 1.92. The Balaban J connectivity index is 1.91. The maximum absolute atomic E-state index is 10.9. The molecule has 24 heavy (non-hydrogen) atoms. The highest BCUT2D eigenvalue weighted by Gasteiger charge is 2.31. The zero-order valence-electron chi connectivity index (χ0n) is 15.1. The minimum atomic E-state index is -0.620. The molecule has 1 fully saturated rings. The van der Waals surface area contributed by atoms with Gasteiger partial charge >= 0.3 is 0 Å². The standard InChI is InChI=1S/C18H27N5O/c1-13-10-14(2)21-16-15(13)17(20-12-19-16)23-8-5-6-18(24,7-9-23)11-22(3)4/h10,12,24H,5-9,11H2,1-4H3/t18-/m0/s1. The van der Waals surface area contributed by atoms with Crippen molar-refractivity contribution in [3.8, 4) is 0 Å². The highest BCUT2D eigenvalue weighted by molar-refractivity contribution is 5.90. The van der Waals surface area contributed by atoms with E-state index in [1.807, 2.05) is 21.0 Å². The Kier molecular flexibility index (Phi) is 4.69. The summed E-state index contributed by atoms with van der Waals surface area (Å²) in [5.41, 5.74) is 2.26. The van der Waals surface area contributed by atoms with Gasteiger partial charge in [0.1, 0.15) is 12.1 Å². The highest BCUT2D eigenvalue weighted by Crippen LogP contribution is 2.30.